The fourth-order valence-electron chi connectivity index (χ4n) is 2.31. The molecule has 12 heavy (non-hydrogen) atoms. The Hall–Kier alpha value is -0.790. The summed E-state index contributed by atoms with van der Waals surface area (Å²) in [6.45, 7) is 2.10. The van der Waals surface area contributed by atoms with Gasteiger partial charge in [-0.2, -0.15) is 0 Å². The summed E-state index contributed by atoms with van der Waals surface area (Å²) in [5, 5.41) is 0. The maximum absolute atomic E-state index is 10.6. The van der Waals surface area contributed by atoms with E-state index >= 15 is 0 Å². The van der Waals surface area contributed by atoms with E-state index in [9.17, 15) is 4.79 Å². The highest BCUT2D eigenvalue weighted by atomic mass is 16.5. The number of rotatable bonds is 2. The van der Waals surface area contributed by atoms with Crippen LogP contribution in [0.15, 0.2) is 12.2 Å². The van der Waals surface area contributed by atoms with Crippen molar-refractivity contribution in [3.05, 3.63) is 12.2 Å². The van der Waals surface area contributed by atoms with Gasteiger partial charge < -0.3 is 4.74 Å². The second-order valence-corrected chi connectivity index (χ2v) is 3.84. The molecule has 0 heterocycles. The molecule has 0 spiro atoms. The molecular weight excluding hydrogens is 152 g/mol. The minimum atomic E-state index is -0.151. The Morgan fingerprint density at radius 3 is 2.83 bits per heavy atom. The lowest BCUT2D eigenvalue weighted by molar-refractivity contribution is -0.142. The molecule has 2 heteroatoms. The number of ether oxygens (including phenoxy) is 1. The molecule has 2 bridgehead atoms. The molecule has 0 radical (unpaired) electrons. The largest absolute Gasteiger partial charge is 0.466 e. The van der Waals surface area contributed by atoms with E-state index in [2.05, 4.69) is 12.2 Å². The highest BCUT2D eigenvalue weighted by molar-refractivity contribution is 5.65. The van der Waals surface area contributed by atoms with Gasteiger partial charge in [-0.15, -0.1) is 0 Å². The highest BCUT2D eigenvalue weighted by Crippen LogP contribution is 2.43. The van der Waals surface area contributed by atoms with E-state index in [-0.39, 0.29) is 5.97 Å². The number of carbonyl (C=O) groups is 1. The molecule has 2 rings (SSSR count). The Morgan fingerprint density at radius 2 is 2.33 bits per heavy atom. The Labute approximate surface area is 72.6 Å². The van der Waals surface area contributed by atoms with Crippen molar-refractivity contribution in [2.75, 3.05) is 6.61 Å². The van der Waals surface area contributed by atoms with Gasteiger partial charge in [-0.05, 0) is 30.6 Å². The average Bonchev–Trinajstić information content (AvgIpc) is 2.60. The Bertz CT molecular complexity index is 220. The highest BCUT2D eigenvalue weighted by Gasteiger charge is 2.35. The smallest absolute Gasteiger partial charge is 0.302 e. The molecule has 66 valence electrons. The second kappa shape index (κ2) is 2.92. The Kier molecular flexibility index (Phi) is 1.91. The average molecular weight is 166 g/mol. The molecule has 0 aromatic heterocycles. The first kappa shape index (κ1) is 7.84. The van der Waals surface area contributed by atoms with Gasteiger partial charge >= 0.3 is 5.97 Å². The van der Waals surface area contributed by atoms with Crippen LogP contribution >= 0.6 is 0 Å². The summed E-state index contributed by atoms with van der Waals surface area (Å²) < 4.78 is 5.01. The fraction of sp³-hybridized carbons (Fsp3) is 0.700. The van der Waals surface area contributed by atoms with Crippen molar-refractivity contribution in [1.29, 1.82) is 0 Å². The lowest BCUT2D eigenvalue weighted by Gasteiger charge is -2.16. The van der Waals surface area contributed by atoms with Crippen LogP contribution in [0.3, 0.4) is 0 Å². The van der Waals surface area contributed by atoms with Crippen molar-refractivity contribution < 1.29 is 9.53 Å². The van der Waals surface area contributed by atoms with E-state index in [1.165, 1.54) is 19.8 Å². The third-order valence-corrected chi connectivity index (χ3v) is 2.92. The molecule has 2 aliphatic rings. The summed E-state index contributed by atoms with van der Waals surface area (Å²) in [7, 11) is 0. The summed E-state index contributed by atoms with van der Waals surface area (Å²) in [5.74, 6) is 1.91. The van der Waals surface area contributed by atoms with Gasteiger partial charge in [-0.25, -0.2) is 0 Å². The van der Waals surface area contributed by atoms with Crippen LogP contribution in [0.2, 0.25) is 0 Å². The van der Waals surface area contributed by atoms with Gasteiger partial charge in [0.2, 0.25) is 0 Å². The summed E-state index contributed by atoms with van der Waals surface area (Å²) in [4.78, 5) is 10.6. The predicted octanol–water partition coefficient (Wildman–Crippen LogP) is 1.76. The van der Waals surface area contributed by atoms with Crippen LogP contribution in [-0.2, 0) is 9.53 Å². The third-order valence-electron chi connectivity index (χ3n) is 2.92. The molecule has 2 nitrogen and oxygen atoms in total. The van der Waals surface area contributed by atoms with Gasteiger partial charge in [0.1, 0.15) is 0 Å². The Balaban J connectivity index is 1.83. The van der Waals surface area contributed by atoms with Gasteiger partial charge in [0.05, 0.1) is 6.61 Å². The molecule has 0 aliphatic heterocycles. The summed E-state index contributed by atoms with van der Waals surface area (Å²) in [6, 6.07) is 0. The molecular formula is C10H14O2. The number of hydrogen-bond acceptors (Lipinski definition) is 2. The second-order valence-electron chi connectivity index (χ2n) is 3.84. The zero-order valence-corrected chi connectivity index (χ0v) is 7.32. The molecule has 0 saturated heterocycles. The number of hydrogen-bond donors (Lipinski definition) is 0. The fourth-order valence-corrected chi connectivity index (χ4v) is 2.31. The number of carbonyl (C=O) groups excluding carboxylic acids is 1. The molecule has 0 aromatic carbocycles. The Morgan fingerprint density at radius 1 is 1.50 bits per heavy atom. The van der Waals surface area contributed by atoms with Crippen LogP contribution < -0.4 is 0 Å². The van der Waals surface area contributed by atoms with Crippen LogP contribution in [0, 0.1) is 17.8 Å². The van der Waals surface area contributed by atoms with Crippen molar-refractivity contribution in [2.24, 2.45) is 17.8 Å². The molecule has 2 aliphatic carbocycles. The van der Waals surface area contributed by atoms with E-state index in [1.807, 2.05) is 0 Å². The first-order chi connectivity index (χ1) is 5.75. The number of fused-ring (bicyclic) bond motifs is 2. The van der Waals surface area contributed by atoms with E-state index < -0.39 is 0 Å². The number of allylic oxidation sites excluding steroid dienone is 2. The van der Waals surface area contributed by atoms with Gasteiger partial charge in [-0.1, -0.05) is 12.2 Å². The van der Waals surface area contributed by atoms with Crippen LogP contribution in [0.5, 0.6) is 0 Å². The lowest BCUT2D eigenvalue weighted by Crippen LogP contribution is -2.16. The molecule has 0 aromatic rings. The van der Waals surface area contributed by atoms with Crippen molar-refractivity contribution in [3.8, 4) is 0 Å². The summed E-state index contributed by atoms with van der Waals surface area (Å²) >= 11 is 0. The maximum atomic E-state index is 10.6. The van der Waals surface area contributed by atoms with Gasteiger partial charge in [0.25, 0.3) is 0 Å². The van der Waals surface area contributed by atoms with Crippen molar-refractivity contribution >= 4 is 5.97 Å². The van der Waals surface area contributed by atoms with Crippen LogP contribution in [0.4, 0.5) is 0 Å². The van der Waals surface area contributed by atoms with Crippen LogP contribution in [0.1, 0.15) is 19.8 Å². The molecule has 3 atom stereocenters. The first-order valence-electron chi connectivity index (χ1n) is 4.57. The molecule has 3 unspecified atom stereocenters. The summed E-state index contributed by atoms with van der Waals surface area (Å²) in [5.41, 5.74) is 0. The molecule has 0 amide bonds. The lowest BCUT2D eigenvalue weighted by atomic mass is 9.95. The number of esters is 1. The SMILES string of the molecule is CC(=O)OCC1CC2C=CC1C2. The zero-order chi connectivity index (χ0) is 8.55. The normalized spacial score (nSPS) is 37.2. The van der Waals surface area contributed by atoms with E-state index in [1.54, 1.807) is 0 Å². The first-order valence-corrected chi connectivity index (χ1v) is 4.57. The van der Waals surface area contributed by atoms with E-state index in [4.69, 9.17) is 4.74 Å². The molecule has 1 fully saturated rings. The third kappa shape index (κ3) is 1.38. The minimum Gasteiger partial charge on any atom is -0.466 e. The monoisotopic (exact) mass is 166 g/mol. The van der Waals surface area contributed by atoms with E-state index in [0.29, 0.717) is 18.4 Å². The quantitative estimate of drug-likeness (QED) is 0.461. The van der Waals surface area contributed by atoms with E-state index in [0.717, 1.165) is 5.92 Å². The van der Waals surface area contributed by atoms with Crippen LogP contribution in [0.25, 0.3) is 0 Å². The standard InChI is InChI=1S/C10H14O2/c1-7(11)12-6-10-5-8-2-3-9(10)4-8/h2-3,8-10H,4-6H2,1H3. The summed E-state index contributed by atoms with van der Waals surface area (Å²) in [6.07, 6.45) is 7.08. The van der Waals surface area contributed by atoms with Crippen molar-refractivity contribution in [1.82, 2.24) is 0 Å². The molecule has 0 N–H and O–H groups in total. The van der Waals surface area contributed by atoms with Gasteiger partial charge in [0, 0.05) is 6.92 Å². The topological polar surface area (TPSA) is 26.3 Å². The van der Waals surface area contributed by atoms with Crippen LogP contribution in [-0.4, -0.2) is 12.6 Å². The predicted molar refractivity (Wildman–Crippen MR) is 45.5 cm³/mol. The maximum Gasteiger partial charge on any atom is 0.302 e. The van der Waals surface area contributed by atoms with Gasteiger partial charge in [-0.3, -0.25) is 4.79 Å². The minimum absolute atomic E-state index is 0.151. The van der Waals surface area contributed by atoms with Crippen molar-refractivity contribution in [2.45, 2.75) is 19.8 Å². The molecule has 1 saturated carbocycles. The van der Waals surface area contributed by atoms with Crippen molar-refractivity contribution in [3.63, 3.8) is 0 Å². The van der Waals surface area contributed by atoms with Gasteiger partial charge in [0.15, 0.2) is 0 Å². The zero-order valence-electron chi connectivity index (χ0n) is 7.32.